The highest BCUT2D eigenvalue weighted by atomic mass is 16.7. The molecule has 1 aliphatic heterocycles. The van der Waals surface area contributed by atoms with Crippen LogP contribution in [0.1, 0.15) is 12.5 Å². The summed E-state index contributed by atoms with van der Waals surface area (Å²) in [5, 5.41) is 19.4. The fourth-order valence-electron chi connectivity index (χ4n) is 2.41. The number of rotatable bonds is 4. The molecule has 22 heavy (non-hydrogen) atoms. The van der Waals surface area contributed by atoms with Crippen molar-refractivity contribution in [3.63, 3.8) is 0 Å². The van der Waals surface area contributed by atoms with Crippen LogP contribution in [0.5, 0.6) is 11.5 Å². The summed E-state index contributed by atoms with van der Waals surface area (Å²) in [6, 6.07) is 3.49. The van der Waals surface area contributed by atoms with Crippen molar-refractivity contribution in [1.29, 1.82) is 0 Å². The Morgan fingerprint density at radius 1 is 1.27 bits per heavy atom. The maximum absolute atomic E-state index is 11.2. The van der Waals surface area contributed by atoms with Crippen molar-refractivity contribution in [3.05, 3.63) is 30.0 Å². The lowest BCUT2D eigenvalue weighted by atomic mass is 10.1. The first-order chi connectivity index (χ1) is 10.5. The Bertz CT molecular complexity index is 817. The number of fused-ring (bicyclic) bond motifs is 2. The fraction of sp³-hybridized carbons (Fsp3) is 0.200. The summed E-state index contributed by atoms with van der Waals surface area (Å²) in [5.74, 6) is -2.06. The number of carboxylic acid groups (broad SMARTS) is 1. The number of benzene rings is 1. The molecule has 114 valence electrons. The quantitative estimate of drug-likeness (QED) is 0.509. The van der Waals surface area contributed by atoms with Crippen LogP contribution in [0.25, 0.3) is 16.7 Å². The molecule has 1 aliphatic rings. The van der Waals surface area contributed by atoms with Crippen LogP contribution in [-0.4, -0.2) is 33.3 Å². The Balaban J connectivity index is 2.18. The second-order valence-electron chi connectivity index (χ2n) is 4.75. The number of aryl methyl sites for hydroxylation is 1. The third-order valence-electron chi connectivity index (χ3n) is 3.47. The van der Waals surface area contributed by atoms with Crippen LogP contribution < -0.4 is 9.47 Å². The highest BCUT2D eigenvalue weighted by Gasteiger charge is 2.20. The van der Waals surface area contributed by atoms with Crippen LogP contribution >= 0.6 is 0 Å². The normalized spacial score (nSPS) is 13.6. The van der Waals surface area contributed by atoms with Gasteiger partial charge in [-0.3, -0.25) is 4.79 Å². The van der Waals surface area contributed by atoms with E-state index in [-0.39, 0.29) is 6.79 Å². The first kappa shape index (κ1) is 14.0. The van der Waals surface area contributed by atoms with Gasteiger partial charge in [0.25, 0.3) is 5.78 Å². The summed E-state index contributed by atoms with van der Waals surface area (Å²) in [6.45, 7) is 2.69. The average molecular weight is 303 g/mol. The molecule has 0 spiro atoms. The number of hydrogen-bond donors (Lipinski definition) is 2. The number of aliphatic hydroxyl groups excluding tert-OH is 1. The number of aliphatic carboxylic acids is 1. The molecular weight excluding hydrogens is 290 g/mol. The average Bonchev–Trinajstić information content (AvgIpc) is 3.07. The van der Waals surface area contributed by atoms with E-state index < -0.39 is 17.5 Å². The molecule has 7 nitrogen and oxygen atoms in total. The van der Waals surface area contributed by atoms with Gasteiger partial charge in [0.05, 0.1) is 5.52 Å². The van der Waals surface area contributed by atoms with Crippen LogP contribution in [0.4, 0.5) is 0 Å². The molecule has 0 aliphatic carbocycles. The molecule has 0 fully saturated rings. The minimum absolute atomic E-state index is 0.128. The number of nitrogens with zero attached hydrogens (tertiary/aromatic N) is 1. The summed E-state index contributed by atoms with van der Waals surface area (Å²) < 4.78 is 12.5. The Morgan fingerprint density at radius 2 is 1.95 bits per heavy atom. The minimum atomic E-state index is -1.62. The van der Waals surface area contributed by atoms with Crippen molar-refractivity contribution >= 4 is 28.4 Å². The van der Waals surface area contributed by atoms with Gasteiger partial charge < -0.3 is 24.3 Å². The van der Waals surface area contributed by atoms with E-state index in [0.717, 1.165) is 5.52 Å². The van der Waals surface area contributed by atoms with Crippen LogP contribution in [0.2, 0.25) is 0 Å². The van der Waals surface area contributed by atoms with E-state index in [9.17, 15) is 14.7 Å². The Kier molecular flexibility index (Phi) is 3.25. The van der Waals surface area contributed by atoms with Crippen LogP contribution in [0, 0.1) is 0 Å². The molecule has 2 heterocycles. The third-order valence-corrected chi connectivity index (χ3v) is 3.47. The molecule has 0 saturated carbocycles. The van der Waals surface area contributed by atoms with Crippen molar-refractivity contribution in [3.8, 4) is 11.5 Å². The van der Waals surface area contributed by atoms with Crippen molar-refractivity contribution in [2.24, 2.45) is 0 Å². The molecule has 0 amide bonds. The molecule has 0 radical (unpaired) electrons. The Labute approximate surface area is 125 Å². The van der Waals surface area contributed by atoms with Crippen LogP contribution in [0.15, 0.2) is 24.4 Å². The zero-order valence-electron chi connectivity index (χ0n) is 11.7. The van der Waals surface area contributed by atoms with E-state index in [1.54, 1.807) is 18.3 Å². The van der Waals surface area contributed by atoms with E-state index in [0.29, 0.717) is 35.1 Å². The molecule has 2 aromatic rings. The van der Waals surface area contributed by atoms with Crippen LogP contribution in [-0.2, 0) is 16.1 Å². The van der Waals surface area contributed by atoms with Crippen molar-refractivity contribution in [1.82, 2.24) is 4.57 Å². The van der Waals surface area contributed by atoms with E-state index in [1.165, 1.54) is 0 Å². The first-order valence-electron chi connectivity index (χ1n) is 6.62. The standard InChI is InChI=1S/C15H13NO6/c1-2-16-6-9(11(17)5-12(18)15(19)20)8-3-13-14(4-10(8)16)22-7-21-13/h3-6,17H,2,7H2,1H3,(H,19,20)/b11-5-. The third kappa shape index (κ3) is 2.16. The Hall–Kier alpha value is -2.96. The number of carbonyl (C=O) groups excluding carboxylic acids is 1. The first-order valence-corrected chi connectivity index (χ1v) is 6.62. The van der Waals surface area contributed by atoms with E-state index in [1.807, 2.05) is 11.5 Å². The number of ether oxygens (including phenoxy) is 2. The summed E-state index contributed by atoms with van der Waals surface area (Å²) >= 11 is 0. The van der Waals surface area contributed by atoms with Gasteiger partial charge in [-0.25, -0.2) is 4.79 Å². The lowest BCUT2D eigenvalue weighted by Gasteiger charge is -2.02. The number of carbonyl (C=O) groups is 2. The van der Waals surface area contributed by atoms with Gasteiger partial charge >= 0.3 is 5.97 Å². The highest BCUT2D eigenvalue weighted by Crippen LogP contribution is 2.39. The molecule has 0 saturated heterocycles. The van der Waals surface area contributed by atoms with Gasteiger partial charge in [0.2, 0.25) is 6.79 Å². The molecule has 0 bridgehead atoms. The molecule has 1 aromatic heterocycles. The van der Waals surface area contributed by atoms with E-state index in [4.69, 9.17) is 14.6 Å². The molecular formula is C15H13NO6. The number of ketones is 1. The lowest BCUT2D eigenvalue weighted by molar-refractivity contribution is -0.146. The highest BCUT2D eigenvalue weighted by molar-refractivity contribution is 6.38. The number of aromatic nitrogens is 1. The number of aliphatic hydroxyl groups is 1. The zero-order valence-corrected chi connectivity index (χ0v) is 11.7. The maximum atomic E-state index is 11.2. The van der Waals surface area contributed by atoms with Gasteiger partial charge in [-0.2, -0.15) is 0 Å². The largest absolute Gasteiger partial charge is 0.507 e. The Morgan fingerprint density at radius 3 is 2.59 bits per heavy atom. The predicted molar refractivity (Wildman–Crippen MR) is 77.0 cm³/mol. The van der Waals surface area contributed by atoms with Gasteiger partial charge in [0.1, 0.15) is 5.76 Å². The second-order valence-corrected chi connectivity index (χ2v) is 4.75. The van der Waals surface area contributed by atoms with E-state index >= 15 is 0 Å². The molecule has 7 heteroatoms. The van der Waals surface area contributed by atoms with Gasteiger partial charge in [0.15, 0.2) is 11.5 Å². The summed E-state index contributed by atoms with van der Waals surface area (Å²) in [7, 11) is 0. The summed E-state index contributed by atoms with van der Waals surface area (Å²) in [5.41, 5.74) is 1.16. The van der Waals surface area contributed by atoms with Gasteiger partial charge in [-0.1, -0.05) is 0 Å². The molecule has 0 atom stereocenters. The van der Waals surface area contributed by atoms with Crippen molar-refractivity contribution in [2.75, 3.05) is 6.79 Å². The zero-order chi connectivity index (χ0) is 15.9. The molecule has 1 aromatic carbocycles. The van der Waals surface area contributed by atoms with Crippen molar-refractivity contribution in [2.45, 2.75) is 13.5 Å². The summed E-state index contributed by atoms with van der Waals surface area (Å²) in [6.07, 6.45) is 2.35. The summed E-state index contributed by atoms with van der Waals surface area (Å²) in [4.78, 5) is 21.8. The number of carboxylic acids is 1. The molecule has 0 unspecified atom stereocenters. The van der Waals surface area contributed by atoms with Gasteiger partial charge in [0, 0.05) is 35.8 Å². The monoisotopic (exact) mass is 303 g/mol. The van der Waals surface area contributed by atoms with Crippen molar-refractivity contribution < 1.29 is 29.3 Å². The minimum Gasteiger partial charge on any atom is -0.507 e. The van der Waals surface area contributed by atoms with Crippen LogP contribution in [0.3, 0.4) is 0 Å². The van der Waals surface area contributed by atoms with E-state index in [2.05, 4.69) is 0 Å². The maximum Gasteiger partial charge on any atom is 0.376 e. The topological polar surface area (TPSA) is 98.0 Å². The van der Waals surface area contributed by atoms with Gasteiger partial charge in [-0.05, 0) is 13.0 Å². The smallest absolute Gasteiger partial charge is 0.376 e. The molecule has 2 N–H and O–H groups in total. The number of hydrogen-bond acceptors (Lipinski definition) is 5. The second kappa shape index (κ2) is 5.10. The lowest BCUT2D eigenvalue weighted by Crippen LogP contribution is -2.09. The SMILES string of the molecule is CCn1cc(/C(O)=C/C(=O)C(=O)O)c2cc3c(cc21)OCO3. The predicted octanol–water partition coefficient (Wildman–Crippen LogP) is 1.94. The molecule has 3 rings (SSSR count). The van der Waals surface area contributed by atoms with Gasteiger partial charge in [-0.15, -0.1) is 0 Å². The fourth-order valence-corrected chi connectivity index (χ4v) is 2.41.